The van der Waals surface area contributed by atoms with E-state index in [-0.39, 0.29) is 24.4 Å². The summed E-state index contributed by atoms with van der Waals surface area (Å²) >= 11 is 1.40. The third-order valence-corrected chi connectivity index (χ3v) is 3.54. The van der Waals surface area contributed by atoms with Crippen molar-refractivity contribution >= 4 is 29.1 Å². The number of thiophene rings is 1. The summed E-state index contributed by atoms with van der Waals surface area (Å²) in [6.07, 6.45) is -0.0204. The van der Waals surface area contributed by atoms with Crippen LogP contribution in [0.3, 0.4) is 0 Å². The summed E-state index contributed by atoms with van der Waals surface area (Å²) in [7, 11) is 0. The fourth-order valence-corrected chi connectivity index (χ4v) is 2.32. The van der Waals surface area contributed by atoms with Gasteiger partial charge in [-0.05, 0) is 23.6 Å². The van der Waals surface area contributed by atoms with Crippen molar-refractivity contribution in [2.75, 3.05) is 6.54 Å². The molecule has 6 nitrogen and oxygen atoms in total. The fourth-order valence-electron chi connectivity index (χ4n) is 1.69. The number of hydrogen-bond acceptors (Lipinski definition) is 4. The molecule has 0 aliphatic heterocycles. The molecule has 1 aromatic carbocycles. The maximum atomic E-state index is 13.4. The van der Waals surface area contributed by atoms with Crippen molar-refractivity contribution in [2.45, 2.75) is 6.42 Å². The average molecular weight is 335 g/mol. The number of benzene rings is 1. The molecule has 1 heterocycles. The van der Waals surface area contributed by atoms with Crippen LogP contribution in [0.5, 0.6) is 0 Å². The first-order valence-corrected chi connectivity index (χ1v) is 7.66. The molecule has 3 N–H and O–H groups in total. The zero-order valence-corrected chi connectivity index (χ0v) is 12.8. The molecule has 120 valence electrons. The van der Waals surface area contributed by atoms with Crippen LogP contribution in [0.1, 0.15) is 27.1 Å². The molecular weight excluding hydrogens is 321 g/mol. The quantitative estimate of drug-likeness (QED) is 0.723. The molecule has 0 atom stereocenters. The van der Waals surface area contributed by atoms with Gasteiger partial charge in [-0.3, -0.25) is 25.2 Å². The van der Waals surface area contributed by atoms with E-state index < -0.39 is 17.6 Å². The van der Waals surface area contributed by atoms with Crippen LogP contribution in [0, 0.1) is 5.82 Å². The smallest absolute Gasteiger partial charge is 0.272 e. The summed E-state index contributed by atoms with van der Waals surface area (Å²) in [5, 5.41) is 6.05. The molecule has 3 amide bonds. The van der Waals surface area contributed by atoms with Gasteiger partial charge in [-0.15, -0.1) is 0 Å². The number of halogens is 1. The Bertz CT molecular complexity index is 704. The highest BCUT2D eigenvalue weighted by Crippen LogP contribution is 2.06. The summed E-state index contributed by atoms with van der Waals surface area (Å²) < 4.78 is 13.4. The molecule has 0 fully saturated rings. The molecule has 8 heteroatoms. The van der Waals surface area contributed by atoms with E-state index in [0.29, 0.717) is 5.56 Å². The molecule has 0 aliphatic carbocycles. The second-order valence-corrected chi connectivity index (χ2v) is 5.28. The number of nitrogens with one attached hydrogen (secondary N) is 3. The Morgan fingerprint density at radius 3 is 2.52 bits per heavy atom. The van der Waals surface area contributed by atoms with Crippen LogP contribution in [0.25, 0.3) is 0 Å². The Labute approximate surface area is 135 Å². The largest absolute Gasteiger partial charge is 0.351 e. The molecular formula is C15H14FN3O3S. The third kappa shape index (κ3) is 4.89. The number of amides is 3. The molecule has 2 rings (SSSR count). The van der Waals surface area contributed by atoms with Crippen LogP contribution < -0.4 is 16.2 Å². The highest BCUT2D eigenvalue weighted by atomic mass is 32.1. The Hall–Kier alpha value is -2.74. The molecule has 23 heavy (non-hydrogen) atoms. The lowest BCUT2D eigenvalue weighted by atomic mass is 10.2. The molecule has 0 saturated heterocycles. The second-order valence-electron chi connectivity index (χ2n) is 4.50. The van der Waals surface area contributed by atoms with Gasteiger partial charge in [0.05, 0.1) is 5.56 Å². The molecule has 0 unspecified atom stereocenters. The van der Waals surface area contributed by atoms with Crippen molar-refractivity contribution in [1.82, 2.24) is 16.2 Å². The third-order valence-electron chi connectivity index (χ3n) is 2.85. The number of hydrazine groups is 1. The van der Waals surface area contributed by atoms with Crippen LogP contribution in [0.4, 0.5) is 4.39 Å². The normalized spacial score (nSPS) is 9.96. The summed E-state index contributed by atoms with van der Waals surface area (Å²) in [6.45, 7) is 0.121. The number of carbonyl (C=O) groups is 3. The standard InChI is InChI=1S/C15H14FN3O3S/c16-12-4-2-1-3-11(12)15(22)19-18-13(20)5-7-17-14(21)10-6-8-23-9-10/h1-4,6,8-9H,5,7H2,(H,17,21)(H,18,20)(H,19,22). The van der Waals surface area contributed by atoms with Crippen molar-refractivity contribution in [2.24, 2.45) is 0 Å². The molecule has 0 radical (unpaired) electrons. The van der Waals surface area contributed by atoms with E-state index in [4.69, 9.17) is 0 Å². The lowest BCUT2D eigenvalue weighted by molar-refractivity contribution is -0.121. The van der Waals surface area contributed by atoms with Crippen molar-refractivity contribution in [3.8, 4) is 0 Å². The van der Waals surface area contributed by atoms with Gasteiger partial charge < -0.3 is 5.32 Å². The summed E-state index contributed by atoms with van der Waals surface area (Å²) in [5.41, 5.74) is 4.64. The Balaban J connectivity index is 1.70. The minimum absolute atomic E-state index is 0.0204. The zero-order chi connectivity index (χ0) is 16.7. The van der Waals surface area contributed by atoms with E-state index in [9.17, 15) is 18.8 Å². The maximum Gasteiger partial charge on any atom is 0.272 e. The summed E-state index contributed by atoms with van der Waals surface area (Å²) in [4.78, 5) is 34.9. The lowest BCUT2D eigenvalue weighted by Crippen LogP contribution is -2.43. The van der Waals surface area contributed by atoms with E-state index >= 15 is 0 Å². The molecule has 0 bridgehead atoms. The minimum Gasteiger partial charge on any atom is -0.351 e. The van der Waals surface area contributed by atoms with Gasteiger partial charge in [0.2, 0.25) is 5.91 Å². The Morgan fingerprint density at radius 2 is 1.83 bits per heavy atom. The first-order chi connectivity index (χ1) is 11.1. The molecule has 0 spiro atoms. The highest BCUT2D eigenvalue weighted by Gasteiger charge is 2.12. The van der Waals surface area contributed by atoms with Gasteiger partial charge in [-0.2, -0.15) is 11.3 Å². The van der Waals surface area contributed by atoms with Crippen molar-refractivity contribution in [3.63, 3.8) is 0 Å². The van der Waals surface area contributed by atoms with Crippen molar-refractivity contribution in [3.05, 3.63) is 58.0 Å². The maximum absolute atomic E-state index is 13.4. The first kappa shape index (κ1) is 16.6. The van der Waals surface area contributed by atoms with E-state index in [1.807, 2.05) is 0 Å². The van der Waals surface area contributed by atoms with E-state index in [2.05, 4.69) is 16.2 Å². The monoisotopic (exact) mass is 335 g/mol. The number of rotatable bonds is 5. The van der Waals surface area contributed by atoms with Gasteiger partial charge in [0.1, 0.15) is 5.82 Å². The number of hydrogen-bond donors (Lipinski definition) is 3. The molecule has 0 saturated carbocycles. The van der Waals surface area contributed by atoms with E-state index in [0.717, 1.165) is 6.07 Å². The predicted octanol–water partition coefficient (Wildman–Crippen LogP) is 1.47. The summed E-state index contributed by atoms with van der Waals surface area (Å²) in [6, 6.07) is 7.10. The number of carbonyl (C=O) groups excluding carboxylic acids is 3. The van der Waals surface area contributed by atoms with Gasteiger partial charge in [0.15, 0.2) is 0 Å². The van der Waals surface area contributed by atoms with Gasteiger partial charge in [0, 0.05) is 23.9 Å². The minimum atomic E-state index is -0.751. The van der Waals surface area contributed by atoms with Crippen LogP contribution in [-0.2, 0) is 4.79 Å². The fraction of sp³-hybridized carbons (Fsp3) is 0.133. The van der Waals surface area contributed by atoms with Crippen LogP contribution in [0.15, 0.2) is 41.1 Å². The van der Waals surface area contributed by atoms with Crippen LogP contribution >= 0.6 is 11.3 Å². The SMILES string of the molecule is O=C(CCNC(=O)c1ccsc1)NNC(=O)c1ccccc1F. The van der Waals surface area contributed by atoms with Gasteiger partial charge in [-0.1, -0.05) is 12.1 Å². The Morgan fingerprint density at radius 1 is 1.04 bits per heavy atom. The zero-order valence-electron chi connectivity index (χ0n) is 12.0. The topological polar surface area (TPSA) is 87.3 Å². The van der Waals surface area contributed by atoms with Gasteiger partial charge >= 0.3 is 0 Å². The van der Waals surface area contributed by atoms with Gasteiger partial charge in [0.25, 0.3) is 11.8 Å². The first-order valence-electron chi connectivity index (χ1n) is 6.72. The molecule has 0 aliphatic rings. The lowest BCUT2D eigenvalue weighted by Gasteiger charge is -2.08. The second kappa shape index (κ2) is 8.04. The van der Waals surface area contributed by atoms with Gasteiger partial charge in [-0.25, -0.2) is 4.39 Å². The van der Waals surface area contributed by atoms with Crippen molar-refractivity contribution in [1.29, 1.82) is 0 Å². The van der Waals surface area contributed by atoms with Crippen LogP contribution in [0.2, 0.25) is 0 Å². The molecule has 2 aromatic rings. The molecule has 1 aromatic heterocycles. The highest BCUT2D eigenvalue weighted by molar-refractivity contribution is 7.08. The average Bonchev–Trinajstić information content (AvgIpc) is 3.07. The van der Waals surface area contributed by atoms with Crippen molar-refractivity contribution < 1.29 is 18.8 Å². The van der Waals surface area contributed by atoms with E-state index in [1.54, 1.807) is 16.8 Å². The van der Waals surface area contributed by atoms with E-state index in [1.165, 1.54) is 29.5 Å². The summed E-state index contributed by atoms with van der Waals surface area (Å²) in [5.74, 6) is -2.20. The predicted molar refractivity (Wildman–Crippen MR) is 83.3 cm³/mol. The Kier molecular flexibility index (Phi) is 5.81. The van der Waals surface area contributed by atoms with Crippen LogP contribution in [-0.4, -0.2) is 24.3 Å².